The Morgan fingerprint density at radius 1 is 0.240 bits per heavy atom. The molecule has 1 spiro atoms. The first-order valence-electron chi connectivity index (χ1n) is 25.5. The van der Waals surface area contributed by atoms with Gasteiger partial charge in [-0.1, -0.05) is 206 Å². The van der Waals surface area contributed by atoms with E-state index in [1.54, 1.807) is 0 Å². The van der Waals surface area contributed by atoms with E-state index in [0.29, 0.717) is 17.5 Å². The molecule has 0 atom stereocenters. The molecule has 0 N–H and O–H groups in total. The highest BCUT2D eigenvalue weighted by atomic mass is 16.3. The zero-order valence-corrected chi connectivity index (χ0v) is 40.3. The fraction of sp³-hybridized carbons (Fsp3) is 0.0143. The number of rotatable bonds is 6. The third-order valence-corrected chi connectivity index (χ3v) is 15.8. The molecule has 3 heterocycles. The molecule has 0 saturated carbocycles. The van der Waals surface area contributed by atoms with E-state index in [0.717, 1.165) is 82.8 Å². The van der Waals surface area contributed by atoms with E-state index in [4.69, 9.17) is 23.8 Å². The second-order valence-corrected chi connectivity index (χ2v) is 19.8. The third-order valence-electron chi connectivity index (χ3n) is 15.8. The van der Waals surface area contributed by atoms with Gasteiger partial charge in [-0.05, 0) is 120 Å². The van der Waals surface area contributed by atoms with Gasteiger partial charge < -0.3 is 8.83 Å². The first-order valence-corrected chi connectivity index (χ1v) is 25.5. The number of fused-ring (bicyclic) bond motifs is 16. The van der Waals surface area contributed by atoms with E-state index in [1.165, 1.54) is 55.6 Å². The summed E-state index contributed by atoms with van der Waals surface area (Å²) < 4.78 is 12.9. The molecule has 14 aromatic rings. The topological polar surface area (TPSA) is 65.0 Å². The number of para-hydroxylation sites is 1. The maximum absolute atomic E-state index is 6.60. The standard InChI is InChI=1S/C70H41N3O2/c1-2-13-42(14-3-1)43-29-31-46(32-30-43)67-71-68(49-33-36-54-53-18-7-11-23-62(53)75-65(54)41-49)73-69(72-67)55-19-12-24-64-66(55)57-40-48(35-38-63(57)74-64)45-27-25-44(26-28-45)47-34-37-61-56(39-47)52-17-6-10-22-60(52)70(61)58-20-8-4-15-50(58)51-16-5-9-21-59(51)70/h1-41H. The quantitative estimate of drug-likeness (QED) is 0.166. The Hall–Kier alpha value is -9.97. The summed E-state index contributed by atoms with van der Waals surface area (Å²) in [5, 5.41) is 4.06. The van der Waals surface area contributed by atoms with Crippen LogP contribution in [0.3, 0.4) is 0 Å². The number of benzene rings is 11. The normalized spacial score (nSPS) is 12.9. The molecule has 0 bridgehead atoms. The Labute approximate surface area is 431 Å². The Kier molecular flexibility index (Phi) is 8.89. The van der Waals surface area contributed by atoms with Crippen molar-refractivity contribution >= 4 is 43.9 Å². The maximum atomic E-state index is 6.60. The summed E-state index contributed by atoms with van der Waals surface area (Å²) in [5.74, 6) is 1.68. The van der Waals surface area contributed by atoms with Crippen LogP contribution < -0.4 is 0 Å². The van der Waals surface area contributed by atoms with Gasteiger partial charge in [0.15, 0.2) is 17.5 Å². The van der Waals surface area contributed by atoms with Crippen LogP contribution in [-0.2, 0) is 5.41 Å². The fourth-order valence-corrected chi connectivity index (χ4v) is 12.4. The van der Waals surface area contributed by atoms with Crippen LogP contribution in [0, 0.1) is 0 Å². The fourth-order valence-electron chi connectivity index (χ4n) is 12.4. The summed E-state index contributed by atoms with van der Waals surface area (Å²) in [4.78, 5) is 15.6. The Morgan fingerprint density at radius 2 is 0.693 bits per heavy atom. The van der Waals surface area contributed by atoms with E-state index in [2.05, 4.69) is 206 Å². The molecule has 0 fully saturated rings. The molecular formula is C70H41N3O2. The van der Waals surface area contributed by atoms with Crippen molar-refractivity contribution in [3.05, 3.63) is 271 Å². The molecule has 0 unspecified atom stereocenters. The SMILES string of the molecule is c1ccc(-c2ccc(-c3nc(-c4ccc5c(c4)oc4ccccc45)nc(-c4cccc5oc6ccc(-c7ccc(-c8ccc9c(c8)-c8ccccc8C98c9ccccc9-c9ccccc98)cc7)cc6c45)n3)cc2)cc1. The van der Waals surface area contributed by atoms with Crippen molar-refractivity contribution < 1.29 is 8.83 Å². The molecule has 5 heteroatoms. The van der Waals surface area contributed by atoms with Crippen LogP contribution in [0.2, 0.25) is 0 Å². The van der Waals surface area contributed by atoms with Gasteiger partial charge in [0, 0.05) is 38.2 Å². The number of hydrogen-bond donors (Lipinski definition) is 0. The number of furan rings is 2. The maximum Gasteiger partial charge on any atom is 0.164 e. The van der Waals surface area contributed by atoms with Gasteiger partial charge in [0.2, 0.25) is 0 Å². The zero-order chi connectivity index (χ0) is 49.2. The molecule has 0 aliphatic heterocycles. The van der Waals surface area contributed by atoms with Crippen LogP contribution in [0.4, 0.5) is 0 Å². The lowest BCUT2D eigenvalue weighted by Gasteiger charge is -2.30. The van der Waals surface area contributed by atoms with Gasteiger partial charge >= 0.3 is 0 Å². The molecule has 0 radical (unpaired) electrons. The van der Waals surface area contributed by atoms with Crippen LogP contribution in [0.1, 0.15) is 22.3 Å². The molecule has 75 heavy (non-hydrogen) atoms. The summed E-state index contributed by atoms with van der Waals surface area (Å²) in [6.07, 6.45) is 0. The highest BCUT2D eigenvalue weighted by Gasteiger charge is 2.51. The number of aromatic nitrogens is 3. The Bertz CT molecular complexity index is 4600. The largest absolute Gasteiger partial charge is 0.456 e. The van der Waals surface area contributed by atoms with Crippen molar-refractivity contribution in [1.82, 2.24) is 15.0 Å². The minimum atomic E-state index is -0.356. The zero-order valence-electron chi connectivity index (χ0n) is 40.3. The average molecular weight is 956 g/mol. The third kappa shape index (κ3) is 6.22. The first-order chi connectivity index (χ1) is 37.1. The highest BCUT2D eigenvalue weighted by Crippen LogP contribution is 2.63. The van der Waals surface area contributed by atoms with Gasteiger partial charge in [0.25, 0.3) is 0 Å². The van der Waals surface area contributed by atoms with Crippen molar-refractivity contribution in [3.63, 3.8) is 0 Å². The van der Waals surface area contributed by atoms with Gasteiger partial charge in [0.1, 0.15) is 22.3 Å². The highest BCUT2D eigenvalue weighted by molar-refractivity contribution is 6.13. The molecule has 16 rings (SSSR count). The van der Waals surface area contributed by atoms with Crippen molar-refractivity contribution in [3.8, 4) is 89.8 Å². The monoisotopic (exact) mass is 955 g/mol. The van der Waals surface area contributed by atoms with Crippen LogP contribution in [0.25, 0.3) is 134 Å². The molecule has 11 aromatic carbocycles. The Balaban J connectivity index is 0.788. The molecular weight excluding hydrogens is 915 g/mol. The van der Waals surface area contributed by atoms with Crippen molar-refractivity contribution in [2.75, 3.05) is 0 Å². The molecule has 2 aliphatic carbocycles. The number of nitrogens with zero attached hydrogens (tertiary/aromatic N) is 3. The predicted octanol–water partition coefficient (Wildman–Crippen LogP) is 18.0. The molecule has 0 amide bonds. The predicted molar refractivity (Wildman–Crippen MR) is 303 cm³/mol. The second-order valence-electron chi connectivity index (χ2n) is 19.8. The van der Waals surface area contributed by atoms with E-state index >= 15 is 0 Å². The van der Waals surface area contributed by atoms with Gasteiger partial charge in [-0.15, -0.1) is 0 Å². The summed E-state index contributed by atoms with van der Waals surface area (Å²) in [5.41, 5.74) is 22.8. The molecule has 5 nitrogen and oxygen atoms in total. The summed E-state index contributed by atoms with van der Waals surface area (Å²) in [6.45, 7) is 0. The molecule has 3 aromatic heterocycles. The lowest BCUT2D eigenvalue weighted by atomic mass is 9.70. The minimum Gasteiger partial charge on any atom is -0.456 e. The summed E-state index contributed by atoms with van der Waals surface area (Å²) in [7, 11) is 0. The van der Waals surface area contributed by atoms with Crippen LogP contribution in [-0.4, -0.2) is 15.0 Å². The first kappa shape index (κ1) is 41.6. The van der Waals surface area contributed by atoms with Gasteiger partial charge in [-0.2, -0.15) is 0 Å². The molecule has 0 saturated heterocycles. The van der Waals surface area contributed by atoms with Gasteiger partial charge in [-0.25, -0.2) is 15.0 Å². The summed E-state index contributed by atoms with van der Waals surface area (Å²) in [6, 6.07) is 88.7. The molecule has 2 aliphatic rings. The van der Waals surface area contributed by atoms with Crippen LogP contribution >= 0.6 is 0 Å². The van der Waals surface area contributed by atoms with Crippen molar-refractivity contribution in [2.24, 2.45) is 0 Å². The van der Waals surface area contributed by atoms with Crippen molar-refractivity contribution in [1.29, 1.82) is 0 Å². The van der Waals surface area contributed by atoms with E-state index < -0.39 is 0 Å². The van der Waals surface area contributed by atoms with E-state index in [9.17, 15) is 0 Å². The Morgan fingerprint density at radius 3 is 1.41 bits per heavy atom. The van der Waals surface area contributed by atoms with Gasteiger partial charge in [-0.3, -0.25) is 0 Å². The van der Waals surface area contributed by atoms with E-state index in [-0.39, 0.29) is 5.41 Å². The average Bonchev–Trinajstić information content (AvgIpc) is 4.39. The van der Waals surface area contributed by atoms with Crippen molar-refractivity contribution in [2.45, 2.75) is 5.41 Å². The minimum absolute atomic E-state index is 0.356. The van der Waals surface area contributed by atoms with Crippen LogP contribution in [0.5, 0.6) is 0 Å². The molecule has 348 valence electrons. The van der Waals surface area contributed by atoms with E-state index in [1.807, 2.05) is 42.5 Å². The summed E-state index contributed by atoms with van der Waals surface area (Å²) >= 11 is 0. The number of hydrogen-bond acceptors (Lipinski definition) is 5. The lowest BCUT2D eigenvalue weighted by Crippen LogP contribution is -2.25. The second kappa shape index (κ2) is 16.0. The lowest BCUT2D eigenvalue weighted by molar-refractivity contribution is 0.668. The van der Waals surface area contributed by atoms with Crippen LogP contribution in [0.15, 0.2) is 258 Å². The van der Waals surface area contributed by atoms with Gasteiger partial charge in [0.05, 0.1) is 5.41 Å². The smallest absolute Gasteiger partial charge is 0.164 e.